The minimum Gasteiger partial charge on any atom is -0.493 e. The first-order valence-electron chi connectivity index (χ1n) is 7.85. The monoisotopic (exact) mass is 338 g/mol. The number of imidazole rings is 1. The molecule has 6 heteroatoms. The third-order valence-electron chi connectivity index (χ3n) is 3.97. The summed E-state index contributed by atoms with van der Waals surface area (Å²) in [7, 11) is 2.02. The predicted octanol–water partition coefficient (Wildman–Crippen LogP) is 3.70. The molecule has 4 rings (SSSR count). The van der Waals surface area contributed by atoms with Crippen molar-refractivity contribution >= 4 is 28.6 Å². The number of fused-ring (bicyclic) bond motifs is 3. The lowest BCUT2D eigenvalue weighted by Crippen LogP contribution is -2.01. The topological polar surface area (TPSA) is 44.4 Å². The van der Waals surface area contributed by atoms with Gasteiger partial charge in [0, 0.05) is 12.8 Å². The third kappa shape index (κ3) is 2.63. The van der Waals surface area contributed by atoms with E-state index in [1.54, 1.807) is 11.8 Å². The van der Waals surface area contributed by atoms with E-state index in [0.717, 1.165) is 33.5 Å². The Morgan fingerprint density at radius 3 is 2.71 bits per heavy atom. The number of benzene rings is 2. The Hall–Kier alpha value is -2.47. The molecule has 122 valence electrons. The molecule has 0 bridgehead atoms. The van der Waals surface area contributed by atoms with Gasteiger partial charge in [-0.2, -0.15) is 0 Å². The normalized spacial score (nSPS) is 11.4. The summed E-state index contributed by atoms with van der Waals surface area (Å²) in [6, 6.07) is 16.4. The number of hydrogen-bond acceptors (Lipinski definition) is 4. The second-order valence-corrected chi connectivity index (χ2v) is 6.74. The van der Waals surface area contributed by atoms with Crippen molar-refractivity contribution in [2.75, 3.05) is 12.4 Å². The molecule has 0 atom stereocenters. The molecular weight excluding hydrogens is 320 g/mol. The van der Waals surface area contributed by atoms with E-state index in [0.29, 0.717) is 6.61 Å². The van der Waals surface area contributed by atoms with Crippen molar-refractivity contribution in [2.45, 2.75) is 12.1 Å². The second-order valence-electron chi connectivity index (χ2n) is 5.68. The first kappa shape index (κ1) is 15.1. The smallest absolute Gasteiger partial charge is 0.236 e. The molecule has 0 N–H and O–H groups in total. The fourth-order valence-corrected chi connectivity index (χ4v) is 3.58. The van der Waals surface area contributed by atoms with Crippen LogP contribution >= 0.6 is 11.8 Å². The maximum Gasteiger partial charge on any atom is 0.236 e. The molecule has 0 aliphatic heterocycles. The summed E-state index contributed by atoms with van der Waals surface area (Å²) in [5, 5.41) is 9.54. The van der Waals surface area contributed by atoms with Gasteiger partial charge in [0.25, 0.3) is 0 Å². The van der Waals surface area contributed by atoms with Gasteiger partial charge in [0.1, 0.15) is 5.75 Å². The van der Waals surface area contributed by atoms with E-state index in [9.17, 15) is 0 Å². The average Bonchev–Trinajstić information content (AvgIpc) is 3.13. The highest BCUT2D eigenvalue weighted by atomic mass is 32.2. The Labute approximate surface area is 144 Å². The lowest BCUT2D eigenvalue weighted by molar-refractivity contribution is 0.343. The first-order valence-corrected chi connectivity index (χ1v) is 8.83. The first-order chi connectivity index (χ1) is 11.7. The van der Waals surface area contributed by atoms with Crippen LogP contribution in [0.3, 0.4) is 0 Å². The summed E-state index contributed by atoms with van der Waals surface area (Å²) < 4.78 is 9.98. The summed E-state index contributed by atoms with van der Waals surface area (Å²) in [6.07, 6.45) is 0. The van der Waals surface area contributed by atoms with Crippen LogP contribution in [-0.2, 0) is 7.05 Å². The van der Waals surface area contributed by atoms with Gasteiger partial charge in [-0.15, -0.1) is 10.2 Å². The number of nitrogens with zero attached hydrogens (tertiary/aromatic N) is 4. The largest absolute Gasteiger partial charge is 0.493 e. The summed E-state index contributed by atoms with van der Waals surface area (Å²) >= 11 is 1.66. The van der Waals surface area contributed by atoms with Crippen LogP contribution < -0.4 is 4.74 Å². The SMILES string of the molecule is Cc1cccc(OCCSc2nnc3n(C)c4ccccc4n23)c1. The maximum absolute atomic E-state index is 5.81. The molecule has 2 heterocycles. The molecular formula is C18H18N4OS. The lowest BCUT2D eigenvalue weighted by Gasteiger charge is -2.06. The van der Waals surface area contributed by atoms with E-state index in [1.807, 2.05) is 37.4 Å². The molecule has 0 saturated carbocycles. The van der Waals surface area contributed by atoms with Crippen molar-refractivity contribution in [3.05, 3.63) is 54.1 Å². The van der Waals surface area contributed by atoms with Crippen molar-refractivity contribution in [3.63, 3.8) is 0 Å². The Morgan fingerprint density at radius 1 is 1.04 bits per heavy atom. The standard InChI is InChI=1S/C18H18N4OS/c1-13-6-5-7-14(12-13)23-10-11-24-18-20-19-17-21(2)15-8-3-4-9-16(15)22(17)18/h3-9,12H,10-11H2,1-2H3. The zero-order valence-corrected chi connectivity index (χ0v) is 14.5. The molecule has 0 aliphatic rings. The van der Waals surface area contributed by atoms with Crippen LogP contribution in [-0.4, -0.2) is 31.5 Å². The molecule has 5 nitrogen and oxygen atoms in total. The Bertz CT molecular complexity index is 1000. The van der Waals surface area contributed by atoms with E-state index in [2.05, 4.69) is 44.3 Å². The van der Waals surface area contributed by atoms with Gasteiger partial charge in [-0.1, -0.05) is 36.0 Å². The van der Waals surface area contributed by atoms with Gasteiger partial charge in [0.05, 0.1) is 17.6 Å². The van der Waals surface area contributed by atoms with Crippen molar-refractivity contribution in [3.8, 4) is 5.75 Å². The average molecular weight is 338 g/mol. The number of aromatic nitrogens is 4. The molecule has 0 aliphatic carbocycles. The highest BCUT2D eigenvalue weighted by molar-refractivity contribution is 7.99. The number of ether oxygens (including phenoxy) is 1. The fraction of sp³-hybridized carbons (Fsp3) is 0.222. The van der Waals surface area contributed by atoms with Crippen molar-refractivity contribution in [1.82, 2.24) is 19.2 Å². The number of thioether (sulfide) groups is 1. The molecule has 4 aromatic rings. The Morgan fingerprint density at radius 2 is 1.88 bits per heavy atom. The van der Waals surface area contributed by atoms with Crippen LogP contribution in [0, 0.1) is 6.92 Å². The van der Waals surface area contributed by atoms with E-state index >= 15 is 0 Å². The number of para-hydroxylation sites is 2. The van der Waals surface area contributed by atoms with E-state index in [-0.39, 0.29) is 0 Å². The number of aryl methyl sites for hydroxylation is 2. The summed E-state index contributed by atoms with van der Waals surface area (Å²) in [6.45, 7) is 2.70. The highest BCUT2D eigenvalue weighted by Crippen LogP contribution is 2.24. The lowest BCUT2D eigenvalue weighted by atomic mass is 10.2. The molecule has 0 saturated heterocycles. The van der Waals surface area contributed by atoms with Crippen LogP contribution in [0.25, 0.3) is 16.8 Å². The van der Waals surface area contributed by atoms with Crippen molar-refractivity contribution < 1.29 is 4.74 Å². The molecule has 0 fully saturated rings. The maximum atomic E-state index is 5.81. The van der Waals surface area contributed by atoms with Crippen molar-refractivity contribution in [1.29, 1.82) is 0 Å². The molecule has 2 aromatic carbocycles. The van der Waals surface area contributed by atoms with Crippen LogP contribution in [0.5, 0.6) is 5.75 Å². The van der Waals surface area contributed by atoms with E-state index in [1.165, 1.54) is 5.56 Å². The van der Waals surface area contributed by atoms with Crippen LogP contribution in [0.1, 0.15) is 5.56 Å². The highest BCUT2D eigenvalue weighted by Gasteiger charge is 2.14. The molecule has 2 aromatic heterocycles. The molecule has 24 heavy (non-hydrogen) atoms. The van der Waals surface area contributed by atoms with Gasteiger partial charge in [-0.25, -0.2) is 0 Å². The van der Waals surface area contributed by atoms with Gasteiger partial charge in [-0.05, 0) is 36.8 Å². The van der Waals surface area contributed by atoms with Gasteiger partial charge in [0.2, 0.25) is 5.78 Å². The quantitative estimate of drug-likeness (QED) is 0.411. The van der Waals surface area contributed by atoms with Crippen LogP contribution in [0.4, 0.5) is 0 Å². The molecule has 0 spiro atoms. The van der Waals surface area contributed by atoms with Gasteiger partial charge in [-0.3, -0.25) is 4.40 Å². The van der Waals surface area contributed by atoms with Crippen LogP contribution in [0.15, 0.2) is 53.7 Å². The van der Waals surface area contributed by atoms with E-state index < -0.39 is 0 Å². The number of rotatable bonds is 5. The van der Waals surface area contributed by atoms with Crippen LogP contribution in [0.2, 0.25) is 0 Å². The van der Waals surface area contributed by atoms with Gasteiger partial charge >= 0.3 is 0 Å². The van der Waals surface area contributed by atoms with Gasteiger partial charge < -0.3 is 9.30 Å². The minimum atomic E-state index is 0.633. The third-order valence-corrected chi connectivity index (χ3v) is 4.87. The summed E-state index contributed by atoms with van der Waals surface area (Å²) in [4.78, 5) is 0. The zero-order valence-electron chi connectivity index (χ0n) is 13.6. The minimum absolute atomic E-state index is 0.633. The number of hydrogen-bond donors (Lipinski definition) is 0. The Balaban J connectivity index is 1.50. The predicted molar refractivity (Wildman–Crippen MR) is 96.9 cm³/mol. The second kappa shape index (κ2) is 6.20. The van der Waals surface area contributed by atoms with E-state index in [4.69, 9.17) is 4.74 Å². The fourth-order valence-electron chi connectivity index (χ4n) is 2.83. The Kier molecular flexibility index (Phi) is 3.90. The van der Waals surface area contributed by atoms with Crippen molar-refractivity contribution in [2.24, 2.45) is 7.05 Å². The summed E-state index contributed by atoms with van der Waals surface area (Å²) in [5.74, 6) is 2.59. The molecule has 0 amide bonds. The molecule has 0 radical (unpaired) electrons. The molecule has 0 unspecified atom stereocenters. The zero-order chi connectivity index (χ0) is 16.5. The van der Waals surface area contributed by atoms with Gasteiger partial charge in [0.15, 0.2) is 5.16 Å². The summed E-state index contributed by atoms with van der Waals surface area (Å²) in [5.41, 5.74) is 3.48.